The van der Waals surface area contributed by atoms with Gasteiger partial charge in [-0.3, -0.25) is 9.59 Å². The number of carbonyl (C=O) groups is 2. The molecule has 3 aliphatic rings. The van der Waals surface area contributed by atoms with Crippen LogP contribution >= 0.6 is 0 Å². The minimum absolute atomic E-state index is 0.0357. The third kappa shape index (κ3) is 4.05. The Balaban J connectivity index is 1.72. The lowest BCUT2D eigenvalue weighted by Gasteiger charge is -2.33. The van der Waals surface area contributed by atoms with Gasteiger partial charge in [-0.15, -0.1) is 0 Å². The van der Waals surface area contributed by atoms with E-state index in [0.29, 0.717) is 28.8 Å². The predicted molar refractivity (Wildman–Crippen MR) is 106 cm³/mol. The van der Waals surface area contributed by atoms with E-state index in [9.17, 15) is 19.2 Å². The minimum atomic E-state index is -0.917. The highest BCUT2D eigenvalue weighted by Gasteiger charge is 2.38. The van der Waals surface area contributed by atoms with Gasteiger partial charge in [-0.05, 0) is 54.2 Å². The number of ketones is 1. The van der Waals surface area contributed by atoms with Gasteiger partial charge in [0, 0.05) is 37.3 Å². The summed E-state index contributed by atoms with van der Waals surface area (Å²) in [7, 11) is 0. The van der Waals surface area contributed by atoms with Gasteiger partial charge in [0.15, 0.2) is 5.78 Å². The maximum absolute atomic E-state index is 14.0. The van der Waals surface area contributed by atoms with Crippen LogP contribution in [0.5, 0.6) is 0 Å². The molecular weight excluding hydrogens is 387 g/mol. The number of fused-ring (bicyclic) bond motifs is 1. The fourth-order valence-corrected chi connectivity index (χ4v) is 3.85. The summed E-state index contributed by atoms with van der Waals surface area (Å²) in [6, 6.07) is 8.58. The monoisotopic (exact) mass is 408 g/mol. The molecule has 1 unspecified atom stereocenters. The van der Waals surface area contributed by atoms with Crippen molar-refractivity contribution in [3.63, 3.8) is 0 Å². The quantitative estimate of drug-likeness (QED) is 0.694. The Morgan fingerprint density at radius 3 is 2.83 bits per heavy atom. The van der Waals surface area contributed by atoms with Gasteiger partial charge >= 0.3 is 5.97 Å². The number of Topliss-reactive ketones (excluding diaryl/α,β-unsaturated/α-hetero) is 1. The number of aliphatic carboxylic acids is 1. The SMILES string of the molecule is N#CC1=C(c2cccc(F)c2)C2=CC(OCCCC(=O)O)C(=O)CC2=CN1C1CC1. The standard InChI is InChI=1S/C23H21FN2O4/c24-16-4-1-3-14(9-16)23-18-11-21(30-8-2-5-22(28)29)20(27)10-15(18)13-26(17-6-7-17)19(23)12-25/h1,3-4,9,11,13,17,21H,2,5-8,10H2,(H,28,29). The number of carboxylic acid groups (broad SMARTS) is 1. The molecule has 1 heterocycles. The van der Waals surface area contributed by atoms with Gasteiger partial charge in [0.25, 0.3) is 0 Å². The average molecular weight is 408 g/mol. The Labute approximate surface area is 173 Å². The lowest BCUT2D eigenvalue weighted by Crippen LogP contribution is -2.32. The molecule has 154 valence electrons. The maximum Gasteiger partial charge on any atom is 0.303 e. The van der Waals surface area contributed by atoms with Crippen LogP contribution in [-0.2, 0) is 14.3 Å². The summed E-state index contributed by atoms with van der Waals surface area (Å²) in [6.45, 7) is 0.143. The molecule has 1 fully saturated rings. The highest BCUT2D eigenvalue weighted by Crippen LogP contribution is 2.44. The molecule has 0 radical (unpaired) electrons. The fourth-order valence-electron chi connectivity index (χ4n) is 3.85. The Kier molecular flexibility index (Phi) is 5.51. The van der Waals surface area contributed by atoms with Crippen molar-refractivity contribution in [2.24, 2.45) is 0 Å². The van der Waals surface area contributed by atoms with Gasteiger partial charge in [-0.1, -0.05) is 12.1 Å². The van der Waals surface area contributed by atoms with Crippen LogP contribution in [0.2, 0.25) is 0 Å². The second-order valence-electron chi connectivity index (χ2n) is 7.65. The van der Waals surface area contributed by atoms with Crippen molar-refractivity contribution in [3.8, 4) is 6.07 Å². The Morgan fingerprint density at radius 1 is 1.37 bits per heavy atom. The van der Waals surface area contributed by atoms with Gasteiger partial charge in [0.2, 0.25) is 0 Å². The van der Waals surface area contributed by atoms with Gasteiger partial charge in [0.05, 0.1) is 0 Å². The van der Waals surface area contributed by atoms with E-state index >= 15 is 0 Å². The third-order valence-electron chi connectivity index (χ3n) is 5.40. The molecule has 0 spiro atoms. The van der Waals surface area contributed by atoms with E-state index in [1.54, 1.807) is 18.2 Å². The van der Waals surface area contributed by atoms with Gasteiger partial charge in [-0.25, -0.2) is 4.39 Å². The van der Waals surface area contributed by atoms with Crippen molar-refractivity contribution in [3.05, 3.63) is 64.8 Å². The molecule has 0 bridgehead atoms. The van der Waals surface area contributed by atoms with Crippen LogP contribution in [0.15, 0.2) is 53.4 Å². The van der Waals surface area contributed by atoms with E-state index in [2.05, 4.69) is 6.07 Å². The zero-order valence-electron chi connectivity index (χ0n) is 16.3. The van der Waals surface area contributed by atoms with E-state index in [1.807, 2.05) is 11.1 Å². The van der Waals surface area contributed by atoms with Crippen molar-refractivity contribution in [2.75, 3.05) is 6.61 Å². The largest absolute Gasteiger partial charge is 0.481 e. The molecule has 1 atom stereocenters. The lowest BCUT2D eigenvalue weighted by atomic mass is 9.81. The second kappa shape index (κ2) is 8.25. The number of rotatable bonds is 7. The van der Waals surface area contributed by atoms with Crippen LogP contribution in [0.25, 0.3) is 5.57 Å². The molecule has 6 nitrogen and oxygen atoms in total. The number of nitriles is 1. The number of ether oxygens (including phenoxy) is 1. The van der Waals surface area contributed by atoms with Crippen molar-refractivity contribution in [1.29, 1.82) is 5.26 Å². The van der Waals surface area contributed by atoms with Crippen molar-refractivity contribution < 1.29 is 23.8 Å². The predicted octanol–water partition coefficient (Wildman–Crippen LogP) is 3.57. The molecule has 1 N–H and O–H groups in total. The molecule has 0 amide bonds. The van der Waals surface area contributed by atoms with Crippen molar-refractivity contribution >= 4 is 17.3 Å². The summed E-state index contributed by atoms with van der Waals surface area (Å²) >= 11 is 0. The molecule has 1 aromatic carbocycles. The topological polar surface area (TPSA) is 90.6 Å². The van der Waals surface area contributed by atoms with Crippen LogP contribution < -0.4 is 0 Å². The zero-order chi connectivity index (χ0) is 21.3. The molecule has 2 aliphatic carbocycles. The number of halogens is 1. The van der Waals surface area contributed by atoms with Crippen molar-refractivity contribution in [1.82, 2.24) is 4.90 Å². The molecule has 30 heavy (non-hydrogen) atoms. The first-order valence-corrected chi connectivity index (χ1v) is 9.96. The molecular formula is C23H21FN2O4. The third-order valence-corrected chi connectivity index (χ3v) is 5.40. The smallest absolute Gasteiger partial charge is 0.303 e. The van der Waals surface area contributed by atoms with E-state index in [4.69, 9.17) is 9.84 Å². The van der Waals surface area contributed by atoms with E-state index in [1.165, 1.54) is 12.1 Å². The summed E-state index contributed by atoms with van der Waals surface area (Å²) in [4.78, 5) is 25.2. The molecule has 0 saturated heterocycles. The number of benzene rings is 1. The molecule has 0 aromatic heterocycles. The average Bonchev–Trinajstić information content (AvgIpc) is 3.55. The van der Waals surface area contributed by atoms with Crippen LogP contribution in [0.3, 0.4) is 0 Å². The van der Waals surface area contributed by atoms with E-state index < -0.39 is 17.9 Å². The van der Waals surface area contributed by atoms with Crippen LogP contribution in [-0.4, -0.2) is 40.5 Å². The van der Waals surface area contributed by atoms with Crippen LogP contribution in [0.1, 0.15) is 37.7 Å². The first-order chi connectivity index (χ1) is 14.5. The zero-order valence-corrected chi connectivity index (χ0v) is 16.3. The molecule has 1 saturated carbocycles. The van der Waals surface area contributed by atoms with Gasteiger partial charge in [0.1, 0.15) is 23.7 Å². The number of hydrogen-bond acceptors (Lipinski definition) is 5. The first-order valence-electron chi connectivity index (χ1n) is 9.96. The summed E-state index contributed by atoms with van der Waals surface area (Å²) < 4.78 is 19.6. The summed E-state index contributed by atoms with van der Waals surface area (Å²) in [5.41, 5.74) is 3.12. The maximum atomic E-state index is 14.0. The normalized spacial score (nSPS) is 21.0. The van der Waals surface area contributed by atoms with Crippen LogP contribution in [0.4, 0.5) is 4.39 Å². The summed E-state index contributed by atoms with van der Waals surface area (Å²) in [5, 5.41) is 18.7. The Morgan fingerprint density at radius 2 is 2.17 bits per heavy atom. The molecule has 4 rings (SSSR count). The highest BCUT2D eigenvalue weighted by molar-refractivity contribution is 5.98. The van der Waals surface area contributed by atoms with Gasteiger partial charge < -0.3 is 14.7 Å². The Hall–Kier alpha value is -3.24. The second-order valence-corrected chi connectivity index (χ2v) is 7.65. The molecule has 7 heteroatoms. The number of carboxylic acids is 1. The number of nitrogens with zero attached hydrogens (tertiary/aromatic N) is 2. The van der Waals surface area contributed by atoms with Crippen LogP contribution in [0, 0.1) is 17.1 Å². The lowest BCUT2D eigenvalue weighted by molar-refractivity contribution is -0.137. The minimum Gasteiger partial charge on any atom is -0.481 e. The summed E-state index contributed by atoms with van der Waals surface area (Å²) in [6.07, 6.45) is 5.07. The van der Waals surface area contributed by atoms with E-state index in [-0.39, 0.29) is 31.3 Å². The Bertz CT molecular complexity index is 1030. The summed E-state index contributed by atoms with van der Waals surface area (Å²) in [5.74, 6) is -1.44. The first kappa shape index (κ1) is 20.0. The number of carbonyl (C=O) groups excluding carboxylic acids is 1. The molecule has 1 aromatic rings. The number of hydrogen-bond donors (Lipinski definition) is 1. The van der Waals surface area contributed by atoms with Gasteiger partial charge in [-0.2, -0.15) is 5.26 Å². The molecule has 1 aliphatic heterocycles. The highest BCUT2D eigenvalue weighted by atomic mass is 19.1. The van der Waals surface area contributed by atoms with E-state index in [0.717, 1.165) is 18.4 Å². The number of allylic oxidation sites excluding steroid dienone is 4. The van der Waals surface area contributed by atoms with Crippen molar-refractivity contribution in [2.45, 2.75) is 44.2 Å². The fraction of sp³-hybridized carbons (Fsp3) is 0.348.